The van der Waals surface area contributed by atoms with E-state index >= 15 is 0 Å². The lowest BCUT2D eigenvalue weighted by Crippen LogP contribution is -2.17. The Morgan fingerprint density at radius 1 is 0.892 bits per heavy atom. The van der Waals surface area contributed by atoms with Crippen LogP contribution >= 0.6 is 0 Å². The fraction of sp³-hybridized carbons (Fsp3) is 0.387. The van der Waals surface area contributed by atoms with E-state index in [0.29, 0.717) is 23.8 Å². The van der Waals surface area contributed by atoms with Crippen LogP contribution < -0.4 is 4.74 Å². The van der Waals surface area contributed by atoms with Crippen LogP contribution in [0.15, 0.2) is 54.6 Å². The molecule has 0 aliphatic heterocycles. The highest BCUT2D eigenvalue weighted by atomic mass is 19.1. The molecule has 4 rings (SSSR count). The lowest BCUT2D eigenvalue weighted by atomic mass is 9.75. The minimum Gasteiger partial charge on any atom is -0.423 e. The molecule has 1 aliphatic carbocycles. The first-order valence-electron chi connectivity index (χ1n) is 13.0. The summed E-state index contributed by atoms with van der Waals surface area (Å²) in [6.07, 6.45) is 5.37. The average Bonchev–Trinajstić information content (AvgIpc) is 2.86. The van der Waals surface area contributed by atoms with Gasteiger partial charge in [0.25, 0.3) is 0 Å². The second kappa shape index (κ2) is 11.9. The first-order valence-corrected chi connectivity index (χ1v) is 13.0. The number of hydrogen-bond acceptors (Lipinski definition) is 2. The molecule has 0 radical (unpaired) electrons. The molecular weight excluding hydrogens is 480 g/mol. The lowest BCUT2D eigenvalue weighted by molar-refractivity contribution is 0.0723. The Balaban J connectivity index is 1.40. The fourth-order valence-electron chi connectivity index (χ4n) is 5.46. The van der Waals surface area contributed by atoms with Gasteiger partial charge >= 0.3 is 5.97 Å². The molecule has 1 aliphatic rings. The molecule has 0 heterocycles. The van der Waals surface area contributed by atoms with Gasteiger partial charge in [-0.1, -0.05) is 50.6 Å². The Morgan fingerprint density at radius 3 is 2.05 bits per heavy atom. The fourth-order valence-corrected chi connectivity index (χ4v) is 5.46. The predicted molar refractivity (Wildman–Crippen MR) is 136 cm³/mol. The van der Waals surface area contributed by atoms with E-state index in [1.807, 2.05) is 18.2 Å². The molecule has 0 saturated heterocycles. The van der Waals surface area contributed by atoms with Gasteiger partial charge in [-0.05, 0) is 79.5 Å². The van der Waals surface area contributed by atoms with Crippen molar-refractivity contribution < 1.29 is 27.1 Å². The molecule has 0 spiro atoms. The highest BCUT2D eigenvalue weighted by molar-refractivity contribution is 5.91. The smallest absolute Gasteiger partial charge is 0.349 e. The van der Waals surface area contributed by atoms with E-state index in [-0.39, 0.29) is 17.9 Å². The zero-order chi connectivity index (χ0) is 26.5. The van der Waals surface area contributed by atoms with Gasteiger partial charge in [0, 0.05) is 17.7 Å². The van der Waals surface area contributed by atoms with Gasteiger partial charge in [-0.3, -0.25) is 0 Å². The van der Waals surface area contributed by atoms with Gasteiger partial charge in [-0.15, -0.1) is 0 Å². The maximum Gasteiger partial charge on any atom is 0.349 e. The van der Waals surface area contributed by atoms with Gasteiger partial charge in [-0.25, -0.2) is 22.4 Å². The molecular formula is C31H32F4O2. The largest absolute Gasteiger partial charge is 0.423 e. The molecule has 37 heavy (non-hydrogen) atoms. The molecule has 0 aromatic heterocycles. The number of carbonyl (C=O) groups excluding carboxylic acids is 1. The van der Waals surface area contributed by atoms with Crippen molar-refractivity contribution in [1.82, 2.24) is 0 Å². The third-order valence-electron chi connectivity index (χ3n) is 7.47. The summed E-state index contributed by atoms with van der Waals surface area (Å²) in [5, 5.41) is 0. The highest BCUT2D eigenvalue weighted by Gasteiger charge is 2.28. The Bertz CT molecular complexity index is 1190. The van der Waals surface area contributed by atoms with Crippen LogP contribution in [0.25, 0.3) is 0 Å². The molecule has 6 heteroatoms. The molecule has 0 N–H and O–H groups in total. The Labute approximate surface area is 215 Å². The van der Waals surface area contributed by atoms with Crippen LogP contribution in [0.3, 0.4) is 0 Å². The Morgan fingerprint density at radius 2 is 1.49 bits per heavy atom. The summed E-state index contributed by atoms with van der Waals surface area (Å²) < 4.78 is 63.1. The minimum absolute atomic E-state index is 0.00616. The molecule has 3 aromatic rings. The summed E-state index contributed by atoms with van der Waals surface area (Å²) >= 11 is 0. The molecule has 196 valence electrons. The predicted octanol–water partition coefficient (Wildman–Crippen LogP) is 8.88. The number of ether oxygens (including phenoxy) is 1. The van der Waals surface area contributed by atoms with Crippen molar-refractivity contribution in [3.8, 4) is 5.75 Å². The molecule has 1 fully saturated rings. The summed E-state index contributed by atoms with van der Waals surface area (Å²) in [6.45, 7) is 4.01. The van der Waals surface area contributed by atoms with E-state index in [0.717, 1.165) is 44.2 Å². The monoisotopic (exact) mass is 512 g/mol. The van der Waals surface area contributed by atoms with E-state index in [2.05, 4.69) is 19.1 Å². The number of rotatable bonds is 8. The SMILES string of the molecule is CCCc1c(F)cc(OC(=O)c2c(F)cc(C3CCC(C[C@H](C)c4ccccc4)CC3)cc2F)cc1F. The highest BCUT2D eigenvalue weighted by Crippen LogP contribution is 2.40. The zero-order valence-corrected chi connectivity index (χ0v) is 21.2. The van der Waals surface area contributed by atoms with Gasteiger partial charge in [-0.2, -0.15) is 0 Å². The van der Waals surface area contributed by atoms with Crippen molar-refractivity contribution in [2.24, 2.45) is 5.92 Å². The summed E-state index contributed by atoms with van der Waals surface area (Å²) in [7, 11) is 0. The van der Waals surface area contributed by atoms with Gasteiger partial charge in [0.15, 0.2) is 0 Å². The molecule has 1 atom stereocenters. The van der Waals surface area contributed by atoms with Crippen molar-refractivity contribution in [3.05, 3.63) is 100 Å². The standard InChI is InChI=1S/C31H32F4O2/c1-3-7-25-26(32)17-24(18-27(25)33)37-31(36)30-28(34)15-23(16-29(30)35)22-12-10-20(11-13-22)14-19(2)21-8-5-4-6-9-21/h4-6,8-9,15-20,22H,3,7,10-14H2,1-2H3/t19-,20?,22?/m0/s1. The van der Waals surface area contributed by atoms with E-state index in [4.69, 9.17) is 4.74 Å². The number of hydrogen-bond donors (Lipinski definition) is 0. The van der Waals surface area contributed by atoms with Crippen molar-refractivity contribution in [1.29, 1.82) is 0 Å². The van der Waals surface area contributed by atoms with Crippen LogP contribution in [0.1, 0.15) is 91.3 Å². The summed E-state index contributed by atoms with van der Waals surface area (Å²) in [5.74, 6) is -4.57. The van der Waals surface area contributed by atoms with Crippen molar-refractivity contribution >= 4 is 5.97 Å². The third-order valence-corrected chi connectivity index (χ3v) is 7.47. The number of halogens is 4. The maximum absolute atomic E-state index is 14.9. The number of carbonyl (C=O) groups is 1. The summed E-state index contributed by atoms with van der Waals surface area (Å²) in [6, 6.07) is 14.5. The van der Waals surface area contributed by atoms with Crippen LogP contribution in [0.2, 0.25) is 0 Å². The van der Waals surface area contributed by atoms with E-state index in [9.17, 15) is 22.4 Å². The number of esters is 1. The molecule has 0 bridgehead atoms. The number of benzene rings is 3. The van der Waals surface area contributed by atoms with Crippen molar-refractivity contribution in [3.63, 3.8) is 0 Å². The van der Waals surface area contributed by atoms with Gasteiger partial charge in [0.1, 0.15) is 34.6 Å². The third kappa shape index (κ3) is 6.41. The summed E-state index contributed by atoms with van der Waals surface area (Å²) in [4.78, 5) is 12.5. The van der Waals surface area contributed by atoms with E-state index in [1.165, 1.54) is 17.7 Å². The second-order valence-corrected chi connectivity index (χ2v) is 10.1. The molecule has 3 aromatic carbocycles. The first kappa shape index (κ1) is 26.9. The topological polar surface area (TPSA) is 26.3 Å². The first-order chi connectivity index (χ1) is 17.8. The van der Waals surface area contributed by atoms with Crippen molar-refractivity contribution in [2.45, 2.75) is 70.6 Å². The van der Waals surface area contributed by atoms with Gasteiger partial charge < -0.3 is 4.74 Å². The van der Waals surface area contributed by atoms with Gasteiger partial charge in [0.05, 0.1) is 0 Å². The van der Waals surface area contributed by atoms with Gasteiger partial charge in [0.2, 0.25) is 0 Å². The lowest BCUT2D eigenvalue weighted by Gasteiger charge is -2.30. The minimum atomic E-state index is -1.33. The van der Waals surface area contributed by atoms with E-state index < -0.39 is 40.6 Å². The zero-order valence-electron chi connectivity index (χ0n) is 21.2. The van der Waals surface area contributed by atoms with Crippen LogP contribution in [0, 0.1) is 29.2 Å². The quantitative estimate of drug-likeness (QED) is 0.171. The van der Waals surface area contributed by atoms with Crippen molar-refractivity contribution in [2.75, 3.05) is 0 Å². The Hall–Kier alpha value is -3.15. The molecule has 0 amide bonds. The Kier molecular flexibility index (Phi) is 8.67. The second-order valence-electron chi connectivity index (χ2n) is 10.1. The molecule has 0 unspecified atom stereocenters. The molecule has 2 nitrogen and oxygen atoms in total. The maximum atomic E-state index is 14.9. The van der Waals surface area contributed by atoms with E-state index in [1.54, 1.807) is 6.92 Å². The van der Waals surface area contributed by atoms with Crippen LogP contribution in [-0.4, -0.2) is 5.97 Å². The van der Waals surface area contributed by atoms with Crippen LogP contribution in [0.5, 0.6) is 5.75 Å². The average molecular weight is 513 g/mol. The molecule has 1 saturated carbocycles. The van der Waals surface area contributed by atoms with Crippen LogP contribution in [0.4, 0.5) is 17.6 Å². The summed E-state index contributed by atoms with van der Waals surface area (Å²) in [5.41, 5.74) is 0.849. The normalized spacial score (nSPS) is 18.4. The van der Waals surface area contributed by atoms with Crippen LogP contribution in [-0.2, 0) is 6.42 Å².